The number of carbonyl (C=O) groups excluding carboxylic acids is 1. The monoisotopic (exact) mass is 416 g/mol. The Morgan fingerprint density at radius 3 is 2.63 bits per heavy atom. The fourth-order valence-corrected chi connectivity index (χ4v) is 4.16. The van der Waals surface area contributed by atoms with Crippen molar-refractivity contribution in [3.05, 3.63) is 29.7 Å². The van der Waals surface area contributed by atoms with Gasteiger partial charge in [0.05, 0.1) is 18.6 Å². The van der Waals surface area contributed by atoms with Crippen LogP contribution < -0.4 is 10.1 Å². The average molecular weight is 417 g/mol. The number of carbonyl (C=O) groups is 1. The first kappa shape index (κ1) is 21.5. The molecule has 1 aliphatic rings. The third-order valence-electron chi connectivity index (χ3n) is 4.56. The van der Waals surface area contributed by atoms with Gasteiger partial charge in [0.2, 0.25) is 10.0 Å². The van der Waals surface area contributed by atoms with Crippen LogP contribution >= 0.6 is 12.4 Å². The number of halogens is 1. The number of nitrogens with zero attached hydrogens (tertiary/aromatic N) is 3. The van der Waals surface area contributed by atoms with Crippen LogP contribution in [0.25, 0.3) is 5.65 Å². The lowest BCUT2D eigenvalue weighted by Crippen LogP contribution is -2.46. The Morgan fingerprint density at radius 2 is 2.04 bits per heavy atom. The molecule has 3 rings (SSSR count). The summed E-state index contributed by atoms with van der Waals surface area (Å²) in [6, 6.07) is 3.59. The van der Waals surface area contributed by atoms with Gasteiger partial charge in [0.1, 0.15) is 5.69 Å². The van der Waals surface area contributed by atoms with Gasteiger partial charge in [0.15, 0.2) is 11.4 Å². The van der Waals surface area contributed by atoms with E-state index in [0.29, 0.717) is 55.3 Å². The van der Waals surface area contributed by atoms with E-state index in [1.165, 1.54) is 10.6 Å². The molecule has 2 aromatic rings. The number of rotatable bonds is 5. The van der Waals surface area contributed by atoms with Crippen LogP contribution in [0.2, 0.25) is 0 Å². The van der Waals surface area contributed by atoms with Crippen LogP contribution in [-0.2, 0) is 10.0 Å². The van der Waals surface area contributed by atoms with E-state index >= 15 is 0 Å². The van der Waals surface area contributed by atoms with Crippen molar-refractivity contribution in [1.82, 2.24) is 19.0 Å². The number of sulfonamides is 1. The van der Waals surface area contributed by atoms with Gasteiger partial charge in [-0.1, -0.05) is 0 Å². The number of aryl methyl sites for hydroxylation is 1. The third-order valence-corrected chi connectivity index (χ3v) is 5.86. The van der Waals surface area contributed by atoms with Gasteiger partial charge in [0, 0.05) is 25.3 Å². The predicted molar refractivity (Wildman–Crippen MR) is 105 cm³/mol. The topological polar surface area (TPSA) is 93.0 Å². The SMILES string of the molecule is CCOc1cccn2c(C(=O)NC3CCN(S(C)(=O)=O)CC3)c(C)nc12.Cl. The molecular weight excluding hydrogens is 392 g/mol. The van der Waals surface area contributed by atoms with Gasteiger partial charge >= 0.3 is 0 Å². The zero-order chi connectivity index (χ0) is 18.9. The Bertz CT molecular complexity index is 920. The lowest BCUT2D eigenvalue weighted by Gasteiger charge is -2.30. The molecule has 8 nitrogen and oxygen atoms in total. The number of hydrogen-bond donors (Lipinski definition) is 1. The molecule has 0 bridgehead atoms. The maximum Gasteiger partial charge on any atom is 0.270 e. The van der Waals surface area contributed by atoms with Crippen molar-refractivity contribution in [2.24, 2.45) is 0 Å². The fourth-order valence-electron chi connectivity index (χ4n) is 3.28. The van der Waals surface area contributed by atoms with E-state index in [9.17, 15) is 13.2 Å². The number of hydrogen-bond acceptors (Lipinski definition) is 5. The van der Waals surface area contributed by atoms with Crippen LogP contribution in [0.5, 0.6) is 5.75 Å². The van der Waals surface area contributed by atoms with Gasteiger partial charge in [-0.25, -0.2) is 17.7 Å². The van der Waals surface area contributed by atoms with E-state index < -0.39 is 10.0 Å². The summed E-state index contributed by atoms with van der Waals surface area (Å²) in [7, 11) is -3.17. The van der Waals surface area contributed by atoms with Gasteiger partial charge in [-0.15, -0.1) is 12.4 Å². The molecule has 1 N–H and O–H groups in total. The van der Waals surface area contributed by atoms with E-state index in [1.54, 1.807) is 17.5 Å². The maximum atomic E-state index is 12.8. The van der Waals surface area contributed by atoms with Crippen molar-refractivity contribution in [1.29, 1.82) is 0 Å². The summed E-state index contributed by atoms with van der Waals surface area (Å²) in [6.07, 6.45) is 4.19. The van der Waals surface area contributed by atoms with Crippen LogP contribution in [-0.4, -0.2) is 60.0 Å². The zero-order valence-electron chi connectivity index (χ0n) is 15.6. The molecule has 1 fully saturated rings. The number of piperidine rings is 1. The van der Waals surface area contributed by atoms with Crippen LogP contribution in [0.3, 0.4) is 0 Å². The average Bonchev–Trinajstić information content (AvgIpc) is 2.92. The Kier molecular flexibility index (Phi) is 6.72. The van der Waals surface area contributed by atoms with Crippen molar-refractivity contribution in [3.8, 4) is 5.75 Å². The first-order valence-corrected chi connectivity index (χ1v) is 10.5. The third kappa shape index (κ3) is 4.53. The minimum absolute atomic E-state index is 0. The van der Waals surface area contributed by atoms with E-state index in [1.807, 2.05) is 19.1 Å². The number of amides is 1. The highest BCUT2D eigenvalue weighted by molar-refractivity contribution is 7.88. The van der Waals surface area contributed by atoms with Crippen molar-refractivity contribution < 1.29 is 17.9 Å². The second-order valence-corrected chi connectivity index (χ2v) is 8.44. The van der Waals surface area contributed by atoms with E-state index in [0.717, 1.165) is 0 Å². The molecule has 1 saturated heterocycles. The minimum Gasteiger partial charge on any atom is -0.490 e. The number of nitrogens with one attached hydrogen (secondary N) is 1. The molecular formula is C17H25ClN4O4S. The molecule has 0 saturated carbocycles. The second-order valence-electron chi connectivity index (χ2n) is 6.45. The second kappa shape index (κ2) is 8.45. The van der Waals surface area contributed by atoms with E-state index in [2.05, 4.69) is 10.3 Å². The van der Waals surface area contributed by atoms with Gasteiger partial charge in [-0.05, 0) is 38.8 Å². The van der Waals surface area contributed by atoms with Crippen molar-refractivity contribution in [2.45, 2.75) is 32.7 Å². The summed E-state index contributed by atoms with van der Waals surface area (Å²) in [5.41, 5.74) is 1.72. The molecule has 0 unspecified atom stereocenters. The molecule has 10 heteroatoms. The number of ether oxygens (including phenoxy) is 1. The van der Waals surface area contributed by atoms with E-state index in [4.69, 9.17) is 4.74 Å². The van der Waals surface area contributed by atoms with E-state index in [-0.39, 0.29) is 24.4 Å². The summed E-state index contributed by atoms with van der Waals surface area (Å²) in [5, 5.41) is 3.02. The summed E-state index contributed by atoms with van der Waals surface area (Å²) in [4.78, 5) is 17.3. The highest BCUT2D eigenvalue weighted by atomic mass is 35.5. The molecule has 1 aliphatic heterocycles. The van der Waals surface area contributed by atoms with Crippen LogP contribution in [0, 0.1) is 6.92 Å². The summed E-state index contributed by atoms with van der Waals surface area (Å²) in [5.74, 6) is 0.431. The molecule has 1 amide bonds. The molecule has 150 valence electrons. The molecule has 0 radical (unpaired) electrons. The number of fused-ring (bicyclic) bond motifs is 1. The Hall–Kier alpha value is -1.84. The number of pyridine rings is 1. The Morgan fingerprint density at radius 1 is 1.37 bits per heavy atom. The lowest BCUT2D eigenvalue weighted by atomic mass is 10.1. The minimum atomic E-state index is -3.17. The highest BCUT2D eigenvalue weighted by Gasteiger charge is 2.27. The molecule has 0 aromatic carbocycles. The smallest absolute Gasteiger partial charge is 0.270 e. The molecule has 2 aromatic heterocycles. The molecule has 0 aliphatic carbocycles. The number of aromatic nitrogens is 2. The summed E-state index contributed by atoms with van der Waals surface area (Å²) >= 11 is 0. The summed E-state index contributed by atoms with van der Waals surface area (Å²) < 4.78 is 32.0. The zero-order valence-corrected chi connectivity index (χ0v) is 17.3. The van der Waals surface area contributed by atoms with Gasteiger partial charge in [-0.3, -0.25) is 9.20 Å². The van der Waals surface area contributed by atoms with Gasteiger partial charge < -0.3 is 10.1 Å². The van der Waals surface area contributed by atoms with Crippen molar-refractivity contribution in [2.75, 3.05) is 26.0 Å². The maximum absolute atomic E-state index is 12.8. The quantitative estimate of drug-likeness (QED) is 0.799. The fraction of sp³-hybridized carbons (Fsp3) is 0.529. The van der Waals surface area contributed by atoms with Crippen LogP contribution in [0.1, 0.15) is 35.9 Å². The highest BCUT2D eigenvalue weighted by Crippen LogP contribution is 2.22. The first-order valence-electron chi connectivity index (χ1n) is 8.67. The van der Waals surface area contributed by atoms with Gasteiger partial charge in [-0.2, -0.15) is 0 Å². The van der Waals surface area contributed by atoms with Crippen LogP contribution in [0.15, 0.2) is 18.3 Å². The van der Waals surface area contributed by atoms with Crippen LogP contribution in [0.4, 0.5) is 0 Å². The summed E-state index contributed by atoms with van der Waals surface area (Å²) in [6.45, 7) is 5.06. The molecule has 0 atom stereocenters. The first-order chi connectivity index (χ1) is 12.3. The Balaban J connectivity index is 0.00000261. The normalized spacial score (nSPS) is 16.1. The molecule has 3 heterocycles. The lowest BCUT2D eigenvalue weighted by molar-refractivity contribution is 0.0917. The molecule has 0 spiro atoms. The number of imidazole rings is 1. The standard InChI is InChI=1S/C17H24N4O4S.ClH/c1-4-25-14-6-5-9-21-15(12(2)18-16(14)21)17(22)19-13-7-10-20(11-8-13)26(3,23)24;/h5-6,9,13H,4,7-8,10-11H2,1-3H3,(H,19,22);1H. The van der Waals surface area contributed by atoms with Gasteiger partial charge in [0.25, 0.3) is 5.91 Å². The van der Waals surface area contributed by atoms with Crippen molar-refractivity contribution in [3.63, 3.8) is 0 Å². The predicted octanol–water partition coefficient (Wildman–Crippen LogP) is 1.62. The molecule has 27 heavy (non-hydrogen) atoms. The largest absolute Gasteiger partial charge is 0.490 e. The van der Waals surface area contributed by atoms with Crippen molar-refractivity contribution >= 4 is 34.0 Å². The Labute approximate surface area is 165 Å².